The SMILES string of the molecule is COc1ccc(C(C)c2ccc(C)cc2)cc1Br. The van der Waals surface area contributed by atoms with Crippen LogP contribution in [0.2, 0.25) is 0 Å². The molecule has 0 aliphatic rings. The van der Waals surface area contributed by atoms with Crippen LogP contribution in [0.3, 0.4) is 0 Å². The maximum absolute atomic E-state index is 5.25. The van der Waals surface area contributed by atoms with E-state index < -0.39 is 0 Å². The Kier molecular flexibility index (Phi) is 4.07. The molecule has 0 aliphatic carbocycles. The van der Waals surface area contributed by atoms with Gasteiger partial charge in [0.25, 0.3) is 0 Å². The van der Waals surface area contributed by atoms with Crippen molar-refractivity contribution in [3.63, 3.8) is 0 Å². The number of ether oxygens (including phenoxy) is 1. The van der Waals surface area contributed by atoms with Crippen LogP contribution in [0, 0.1) is 6.92 Å². The maximum atomic E-state index is 5.25. The largest absolute Gasteiger partial charge is 0.496 e. The van der Waals surface area contributed by atoms with Crippen LogP contribution in [0.15, 0.2) is 46.9 Å². The lowest BCUT2D eigenvalue weighted by atomic mass is 9.93. The maximum Gasteiger partial charge on any atom is 0.133 e. The highest BCUT2D eigenvalue weighted by molar-refractivity contribution is 9.10. The van der Waals surface area contributed by atoms with Crippen molar-refractivity contribution in [3.8, 4) is 5.75 Å². The van der Waals surface area contributed by atoms with Crippen LogP contribution in [0.5, 0.6) is 5.75 Å². The average Bonchev–Trinajstić information content (AvgIpc) is 2.38. The molecule has 18 heavy (non-hydrogen) atoms. The predicted molar refractivity (Wildman–Crippen MR) is 79.4 cm³/mol. The molecular formula is C16H17BrO. The van der Waals surface area contributed by atoms with E-state index in [9.17, 15) is 0 Å². The van der Waals surface area contributed by atoms with Gasteiger partial charge in [-0.2, -0.15) is 0 Å². The van der Waals surface area contributed by atoms with Crippen LogP contribution in [0.1, 0.15) is 29.5 Å². The number of hydrogen-bond acceptors (Lipinski definition) is 1. The Labute approximate surface area is 117 Å². The summed E-state index contributed by atoms with van der Waals surface area (Å²) in [6.45, 7) is 4.33. The van der Waals surface area contributed by atoms with E-state index in [1.54, 1.807) is 7.11 Å². The lowest BCUT2D eigenvalue weighted by Crippen LogP contribution is -1.96. The summed E-state index contributed by atoms with van der Waals surface area (Å²) in [6.07, 6.45) is 0. The van der Waals surface area contributed by atoms with E-state index >= 15 is 0 Å². The molecule has 0 spiro atoms. The van der Waals surface area contributed by atoms with Gasteiger partial charge in [0.15, 0.2) is 0 Å². The number of benzene rings is 2. The highest BCUT2D eigenvalue weighted by Gasteiger charge is 2.10. The Morgan fingerprint density at radius 1 is 1.00 bits per heavy atom. The lowest BCUT2D eigenvalue weighted by Gasteiger charge is -2.14. The molecule has 0 saturated heterocycles. The molecule has 1 atom stereocenters. The summed E-state index contributed by atoms with van der Waals surface area (Å²) in [5.74, 6) is 1.25. The lowest BCUT2D eigenvalue weighted by molar-refractivity contribution is 0.412. The fourth-order valence-corrected chi connectivity index (χ4v) is 2.56. The van der Waals surface area contributed by atoms with Crippen LogP contribution >= 0.6 is 15.9 Å². The molecule has 0 N–H and O–H groups in total. The van der Waals surface area contributed by atoms with Crippen LogP contribution < -0.4 is 4.74 Å². The smallest absolute Gasteiger partial charge is 0.133 e. The van der Waals surface area contributed by atoms with Crippen molar-refractivity contribution in [3.05, 3.63) is 63.6 Å². The zero-order valence-electron chi connectivity index (χ0n) is 10.9. The van der Waals surface area contributed by atoms with E-state index in [1.165, 1.54) is 16.7 Å². The fourth-order valence-electron chi connectivity index (χ4n) is 2.00. The highest BCUT2D eigenvalue weighted by atomic mass is 79.9. The first-order valence-corrected chi connectivity index (χ1v) is 6.81. The topological polar surface area (TPSA) is 9.23 Å². The van der Waals surface area contributed by atoms with Crippen LogP contribution in [-0.2, 0) is 0 Å². The van der Waals surface area contributed by atoms with Crippen molar-refractivity contribution in [2.24, 2.45) is 0 Å². The van der Waals surface area contributed by atoms with E-state index in [-0.39, 0.29) is 0 Å². The van der Waals surface area contributed by atoms with Gasteiger partial charge < -0.3 is 4.74 Å². The molecule has 2 rings (SSSR count). The van der Waals surface area contributed by atoms with Crippen LogP contribution in [0.25, 0.3) is 0 Å². The van der Waals surface area contributed by atoms with Gasteiger partial charge in [-0.1, -0.05) is 42.8 Å². The molecule has 0 aromatic heterocycles. The summed E-state index contributed by atoms with van der Waals surface area (Å²) >= 11 is 3.53. The Morgan fingerprint density at radius 2 is 1.61 bits per heavy atom. The monoisotopic (exact) mass is 304 g/mol. The van der Waals surface area contributed by atoms with Gasteiger partial charge in [0.05, 0.1) is 11.6 Å². The number of aryl methyl sites for hydroxylation is 1. The third-order valence-corrected chi connectivity index (χ3v) is 3.87. The minimum Gasteiger partial charge on any atom is -0.496 e. The van der Waals surface area contributed by atoms with Crippen molar-refractivity contribution in [2.75, 3.05) is 7.11 Å². The molecule has 0 amide bonds. The molecule has 94 valence electrons. The van der Waals surface area contributed by atoms with Gasteiger partial charge in [-0.3, -0.25) is 0 Å². The standard InChI is InChI=1S/C16H17BrO/c1-11-4-6-13(7-5-11)12(2)14-8-9-16(18-3)15(17)10-14/h4-10,12H,1-3H3. The zero-order valence-corrected chi connectivity index (χ0v) is 12.5. The number of methoxy groups -OCH3 is 1. The average molecular weight is 305 g/mol. The molecule has 2 aromatic carbocycles. The molecule has 0 radical (unpaired) electrons. The number of halogens is 1. The second kappa shape index (κ2) is 5.57. The first-order valence-electron chi connectivity index (χ1n) is 6.02. The molecular weight excluding hydrogens is 288 g/mol. The molecule has 2 heteroatoms. The fraction of sp³-hybridized carbons (Fsp3) is 0.250. The number of rotatable bonds is 3. The van der Waals surface area contributed by atoms with E-state index in [4.69, 9.17) is 4.74 Å². The molecule has 1 unspecified atom stereocenters. The van der Waals surface area contributed by atoms with Crippen molar-refractivity contribution in [2.45, 2.75) is 19.8 Å². The van der Waals surface area contributed by atoms with Gasteiger partial charge >= 0.3 is 0 Å². The van der Waals surface area contributed by atoms with Gasteiger partial charge in [-0.25, -0.2) is 0 Å². The quantitative estimate of drug-likeness (QED) is 0.782. The van der Waals surface area contributed by atoms with Gasteiger partial charge in [0, 0.05) is 5.92 Å². The summed E-state index contributed by atoms with van der Waals surface area (Å²) in [4.78, 5) is 0. The van der Waals surface area contributed by atoms with Crippen LogP contribution in [-0.4, -0.2) is 7.11 Å². The second-order valence-corrected chi connectivity index (χ2v) is 5.38. The molecule has 2 aromatic rings. The van der Waals surface area contributed by atoms with Crippen molar-refractivity contribution < 1.29 is 4.74 Å². The molecule has 0 aliphatic heterocycles. The second-order valence-electron chi connectivity index (χ2n) is 4.53. The third kappa shape index (κ3) is 2.75. The van der Waals surface area contributed by atoms with Gasteiger partial charge in [0.1, 0.15) is 5.75 Å². The first-order chi connectivity index (χ1) is 8.61. The predicted octanol–water partition coefficient (Wildman–Crippen LogP) is 4.92. The van der Waals surface area contributed by atoms with Gasteiger partial charge in [-0.15, -0.1) is 0 Å². The normalized spacial score (nSPS) is 12.2. The molecule has 0 fully saturated rings. The Hall–Kier alpha value is -1.28. The van der Waals surface area contributed by atoms with E-state index in [0.717, 1.165) is 10.2 Å². The van der Waals surface area contributed by atoms with Crippen molar-refractivity contribution in [1.29, 1.82) is 0 Å². The minimum absolute atomic E-state index is 0.382. The van der Waals surface area contributed by atoms with Gasteiger partial charge in [0.2, 0.25) is 0 Å². The molecule has 0 heterocycles. The minimum atomic E-state index is 0.382. The summed E-state index contributed by atoms with van der Waals surface area (Å²) in [5, 5.41) is 0. The molecule has 0 bridgehead atoms. The van der Waals surface area contributed by atoms with Crippen LogP contribution in [0.4, 0.5) is 0 Å². The summed E-state index contributed by atoms with van der Waals surface area (Å²) in [7, 11) is 1.68. The third-order valence-electron chi connectivity index (χ3n) is 3.25. The van der Waals surface area contributed by atoms with Gasteiger partial charge in [-0.05, 0) is 46.1 Å². The Balaban J connectivity index is 2.31. The Morgan fingerprint density at radius 3 is 2.17 bits per heavy atom. The van der Waals surface area contributed by atoms with Crippen molar-refractivity contribution in [1.82, 2.24) is 0 Å². The first kappa shape index (κ1) is 13.2. The molecule has 0 saturated carbocycles. The van der Waals surface area contributed by atoms with Crippen molar-refractivity contribution >= 4 is 15.9 Å². The number of hydrogen-bond donors (Lipinski definition) is 0. The zero-order chi connectivity index (χ0) is 13.1. The van der Waals surface area contributed by atoms with E-state index in [1.807, 2.05) is 6.07 Å². The highest BCUT2D eigenvalue weighted by Crippen LogP contribution is 2.31. The Bertz CT molecular complexity index is 531. The summed E-state index contributed by atoms with van der Waals surface area (Å²) in [6, 6.07) is 15.0. The summed E-state index contributed by atoms with van der Waals surface area (Å²) < 4.78 is 6.26. The van der Waals surface area contributed by atoms with E-state index in [0.29, 0.717) is 5.92 Å². The van der Waals surface area contributed by atoms with E-state index in [2.05, 4.69) is 66.2 Å². The molecule has 1 nitrogen and oxygen atoms in total. The summed E-state index contributed by atoms with van der Waals surface area (Å²) in [5.41, 5.74) is 3.91.